The highest BCUT2D eigenvalue weighted by molar-refractivity contribution is 5.94. The van der Waals surface area contributed by atoms with Gasteiger partial charge in [-0.05, 0) is 35.4 Å². The summed E-state index contributed by atoms with van der Waals surface area (Å²) >= 11 is 0. The summed E-state index contributed by atoms with van der Waals surface area (Å²) in [7, 11) is 0. The molecule has 3 heterocycles. The number of rotatable bonds is 7. The minimum Gasteiger partial charge on any atom is -0.348 e. The standard InChI is InChI=1S/C24H22N8O/c25-11-16-2-1-3-17(10-16)12-28-24(33)18-4-6-20(7-5-18)31-22-23-26-8-9-32(23)21(15-27-22)19-13-29-30-14-19/h1-10,13-15H,11-12,25H2,(H,27,31)(H,28,33)(H,29,30). The maximum Gasteiger partial charge on any atom is 0.251 e. The van der Waals surface area contributed by atoms with Crippen molar-refractivity contribution in [2.45, 2.75) is 13.1 Å². The molecule has 0 atom stereocenters. The number of fused-ring (bicyclic) bond motifs is 1. The lowest BCUT2D eigenvalue weighted by molar-refractivity contribution is 0.0951. The van der Waals surface area contributed by atoms with Crippen molar-refractivity contribution in [3.8, 4) is 11.3 Å². The van der Waals surface area contributed by atoms with E-state index in [1.54, 1.807) is 30.7 Å². The van der Waals surface area contributed by atoms with Crippen LogP contribution >= 0.6 is 0 Å². The summed E-state index contributed by atoms with van der Waals surface area (Å²) in [6.07, 6.45) is 8.91. The first-order valence-electron chi connectivity index (χ1n) is 10.5. The molecule has 33 heavy (non-hydrogen) atoms. The topological polar surface area (TPSA) is 126 Å². The molecule has 0 aliphatic heterocycles. The number of hydrogen-bond donors (Lipinski definition) is 4. The van der Waals surface area contributed by atoms with Crippen molar-refractivity contribution < 1.29 is 4.79 Å². The Labute approximate surface area is 189 Å². The Morgan fingerprint density at radius 2 is 1.91 bits per heavy atom. The predicted octanol–water partition coefficient (Wildman–Crippen LogP) is 3.25. The second kappa shape index (κ2) is 8.93. The first-order chi connectivity index (χ1) is 16.2. The molecule has 3 aromatic heterocycles. The molecule has 5 rings (SSSR count). The lowest BCUT2D eigenvalue weighted by Crippen LogP contribution is -2.22. The van der Waals surface area contributed by atoms with Gasteiger partial charge in [0.15, 0.2) is 11.5 Å². The Morgan fingerprint density at radius 3 is 2.70 bits per heavy atom. The fourth-order valence-electron chi connectivity index (χ4n) is 3.60. The van der Waals surface area contributed by atoms with Gasteiger partial charge in [-0.3, -0.25) is 14.3 Å². The van der Waals surface area contributed by atoms with Crippen LogP contribution in [-0.4, -0.2) is 30.5 Å². The van der Waals surface area contributed by atoms with E-state index in [2.05, 4.69) is 30.8 Å². The molecule has 1 amide bonds. The van der Waals surface area contributed by atoms with Crippen LogP contribution in [0.3, 0.4) is 0 Å². The van der Waals surface area contributed by atoms with Crippen LogP contribution < -0.4 is 16.4 Å². The van der Waals surface area contributed by atoms with E-state index in [-0.39, 0.29) is 5.91 Å². The van der Waals surface area contributed by atoms with E-state index in [1.807, 2.05) is 53.2 Å². The lowest BCUT2D eigenvalue weighted by Gasteiger charge is -2.10. The highest BCUT2D eigenvalue weighted by Crippen LogP contribution is 2.24. The van der Waals surface area contributed by atoms with Gasteiger partial charge in [0, 0.05) is 48.5 Å². The van der Waals surface area contributed by atoms with Crippen LogP contribution in [0.4, 0.5) is 11.5 Å². The molecule has 0 aliphatic carbocycles. The first-order valence-corrected chi connectivity index (χ1v) is 10.5. The molecule has 0 radical (unpaired) electrons. The largest absolute Gasteiger partial charge is 0.348 e. The van der Waals surface area contributed by atoms with Crippen LogP contribution in [0.25, 0.3) is 16.9 Å². The third-order valence-corrected chi connectivity index (χ3v) is 5.31. The summed E-state index contributed by atoms with van der Waals surface area (Å²) in [5.74, 6) is 0.474. The highest BCUT2D eigenvalue weighted by atomic mass is 16.1. The van der Waals surface area contributed by atoms with Crippen LogP contribution in [0.5, 0.6) is 0 Å². The normalized spacial score (nSPS) is 10.9. The lowest BCUT2D eigenvalue weighted by atomic mass is 10.1. The van der Waals surface area contributed by atoms with Gasteiger partial charge < -0.3 is 16.4 Å². The number of amides is 1. The number of nitrogens with zero attached hydrogens (tertiary/aromatic N) is 4. The Kier molecular flexibility index (Phi) is 5.52. The maximum atomic E-state index is 12.5. The van der Waals surface area contributed by atoms with Crippen molar-refractivity contribution in [1.29, 1.82) is 0 Å². The Balaban J connectivity index is 1.28. The molecular weight excluding hydrogens is 416 g/mol. The molecule has 0 saturated heterocycles. The third kappa shape index (κ3) is 4.30. The number of H-pyrrole nitrogens is 1. The molecule has 0 unspecified atom stereocenters. The van der Waals surface area contributed by atoms with Gasteiger partial charge in [0.05, 0.1) is 18.1 Å². The van der Waals surface area contributed by atoms with Crippen molar-refractivity contribution in [3.05, 3.63) is 96.2 Å². The number of carbonyl (C=O) groups is 1. The number of aromatic amines is 1. The second-order valence-corrected chi connectivity index (χ2v) is 7.51. The fraction of sp³-hybridized carbons (Fsp3) is 0.0833. The molecule has 0 saturated carbocycles. The SMILES string of the molecule is NCc1cccc(CNC(=O)c2ccc(Nc3ncc(-c4cn[nH]c4)n4ccnc34)cc2)c1. The molecular formula is C24H22N8O. The van der Waals surface area contributed by atoms with E-state index in [9.17, 15) is 4.79 Å². The van der Waals surface area contributed by atoms with E-state index in [4.69, 9.17) is 5.73 Å². The van der Waals surface area contributed by atoms with E-state index < -0.39 is 0 Å². The van der Waals surface area contributed by atoms with E-state index in [0.29, 0.717) is 30.1 Å². The smallest absolute Gasteiger partial charge is 0.251 e. The van der Waals surface area contributed by atoms with E-state index in [0.717, 1.165) is 28.1 Å². The molecule has 0 aliphatic rings. The van der Waals surface area contributed by atoms with Gasteiger partial charge in [-0.15, -0.1) is 0 Å². The average Bonchev–Trinajstić information content (AvgIpc) is 3.56. The second-order valence-electron chi connectivity index (χ2n) is 7.51. The summed E-state index contributed by atoms with van der Waals surface area (Å²) in [6, 6.07) is 15.1. The predicted molar refractivity (Wildman–Crippen MR) is 126 cm³/mol. The quantitative estimate of drug-likeness (QED) is 0.309. The third-order valence-electron chi connectivity index (χ3n) is 5.31. The maximum absolute atomic E-state index is 12.5. The van der Waals surface area contributed by atoms with Gasteiger partial charge in [-0.2, -0.15) is 5.10 Å². The molecule has 5 N–H and O–H groups in total. The number of aromatic nitrogens is 5. The minimum atomic E-state index is -0.141. The molecule has 2 aromatic carbocycles. The van der Waals surface area contributed by atoms with E-state index in [1.165, 1.54) is 0 Å². The van der Waals surface area contributed by atoms with Crippen LogP contribution in [0.1, 0.15) is 21.5 Å². The zero-order chi connectivity index (χ0) is 22.6. The summed E-state index contributed by atoms with van der Waals surface area (Å²) in [5, 5.41) is 13.0. The van der Waals surface area contributed by atoms with Crippen LogP contribution in [0.2, 0.25) is 0 Å². The number of imidazole rings is 1. The Hall–Kier alpha value is -4.50. The molecule has 9 heteroatoms. The van der Waals surface area contributed by atoms with Gasteiger partial charge in [-0.1, -0.05) is 24.3 Å². The Morgan fingerprint density at radius 1 is 1.06 bits per heavy atom. The molecule has 0 spiro atoms. The summed E-state index contributed by atoms with van der Waals surface area (Å²) in [4.78, 5) is 21.5. The number of hydrogen-bond acceptors (Lipinski definition) is 6. The molecule has 9 nitrogen and oxygen atoms in total. The summed E-state index contributed by atoms with van der Waals surface area (Å²) in [6.45, 7) is 0.916. The Bertz CT molecular complexity index is 1390. The number of carbonyl (C=O) groups excluding carboxylic acids is 1. The van der Waals surface area contributed by atoms with Crippen molar-refractivity contribution in [2.75, 3.05) is 5.32 Å². The van der Waals surface area contributed by atoms with Crippen molar-refractivity contribution >= 4 is 23.1 Å². The van der Waals surface area contributed by atoms with Crippen LogP contribution in [-0.2, 0) is 13.1 Å². The number of nitrogens with two attached hydrogens (primary N) is 1. The van der Waals surface area contributed by atoms with Gasteiger partial charge in [0.25, 0.3) is 5.91 Å². The molecule has 5 aromatic rings. The monoisotopic (exact) mass is 438 g/mol. The average molecular weight is 438 g/mol. The summed E-state index contributed by atoms with van der Waals surface area (Å²) < 4.78 is 1.95. The molecule has 164 valence electrons. The number of nitrogens with one attached hydrogen (secondary N) is 3. The van der Waals surface area contributed by atoms with Gasteiger partial charge in [0.2, 0.25) is 0 Å². The van der Waals surface area contributed by atoms with Crippen LogP contribution in [0.15, 0.2) is 79.5 Å². The summed E-state index contributed by atoms with van der Waals surface area (Å²) in [5.41, 5.74) is 11.6. The van der Waals surface area contributed by atoms with Crippen LogP contribution in [0, 0.1) is 0 Å². The zero-order valence-corrected chi connectivity index (χ0v) is 17.7. The van der Waals surface area contributed by atoms with Gasteiger partial charge >= 0.3 is 0 Å². The van der Waals surface area contributed by atoms with Gasteiger partial charge in [0.1, 0.15) is 0 Å². The number of anilines is 2. The van der Waals surface area contributed by atoms with Gasteiger partial charge in [-0.25, -0.2) is 9.97 Å². The first kappa shape index (κ1) is 20.4. The van der Waals surface area contributed by atoms with E-state index >= 15 is 0 Å². The number of benzene rings is 2. The van der Waals surface area contributed by atoms with Crippen molar-refractivity contribution in [3.63, 3.8) is 0 Å². The minimum absolute atomic E-state index is 0.141. The molecule has 0 fully saturated rings. The fourth-order valence-corrected chi connectivity index (χ4v) is 3.60. The van der Waals surface area contributed by atoms with Crippen molar-refractivity contribution in [1.82, 2.24) is 29.9 Å². The zero-order valence-electron chi connectivity index (χ0n) is 17.7. The molecule has 0 bridgehead atoms. The van der Waals surface area contributed by atoms with Crippen molar-refractivity contribution in [2.24, 2.45) is 5.73 Å². The highest BCUT2D eigenvalue weighted by Gasteiger charge is 2.12.